The van der Waals surface area contributed by atoms with E-state index in [4.69, 9.17) is 23.3 Å². The van der Waals surface area contributed by atoms with Crippen molar-refractivity contribution in [3.8, 4) is 11.5 Å². The number of rotatable bonds is 14. The molecule has 0 saturated carbocycles. The van der Waals surface area contributed by atoms with Crippen LogP contribution in [0.5, 0.6) is 11.5 Å². The number of methoxy groups -OCH3 is 1. The van der Waals surface area contributed by atoms with Gasteiger partial charge in [-0.25, -0.2) is 9.48 Å². The zero-order chi connectivity index (χ0) is 46.5. The van der Waals surface area contributed by atoms with Gasteiger partial charge in [-0.3, -0.25) is 28.5 Å². The van der Waals surface area contributed by atoms with Gasteiger partial charge in [0.25, 0.3) is 11.8 Å². The Bertz CT molecular complexity index is 2660. The van der Waals surface area contributed by atoms with E-state index in [1.807, 2.05) is 6.92 Å². The maximum atomic E-state index is 16.8. The number of benzene rings is 4. The van der Waals surface area contributed by atoms with E-state index in [1.165, 1.54) is 49.3 Å². The second-order valence-electron chi connectivity index (χ2n) is 16.6. The first kappa shape index (κ1) is 46.2. The topological polar surface area (TPSA) is 199 Å². The number of nitrogens with one attached hydrogen (secondary N) is 2. The highest BCUT2D eigenvalue weighted by Crippen LogP contribution is 2.58. The van der Waals surface area contributed by atoms with E-state index in [2.05, 4.69) is 15.6 Å². The molecule has 0 aliphatic carbocycles. The Balaban J connectivity index is 1.08. The van der Waals surface area contributed by atoms with E-state index in [1.54, 1.807) is 64.4 Å². The number of alkyl halides is 1. The minimum Gasteiger partial charge on any atom is -0.497 e. The van der Waals surface area contributed by atoms with Gasteiger partial charge < -0.3 is 43.3 Å². The monoisotopic (exact) mass is 926 g/mol. The number of fused-ring (bicyclic) bond motifs is 3. The maximum absolute atomic E-state index is 16.8. The van der Waals surface area contributed by atoms with E-state index in [-0.39, 0.29) is 48.2 Å². The van der Waals surface area contributed by atoms with Crippen LogP contribution in [0.2, 0.25) is 0 Å². The highest BCUT2D eigenvalue weighted by atomic mass is 31.2. The van der Waals surface area contributed by atoms with Crippen molar-refractivity contribution >= 4 is 58.9 Å². The summed E-state index contributed by atoms with van der Waals surface area (Å²) in [6, 6.07) is 18.5. The van der Waals surface area contributed by atoms with Crippen LogP contribution < -0.4 is 19.7 Å². The van der Waals surface area contributed by atoms with Crippen molar-refractivity contribution in [3.63, 3.8) is 0 Å². The third-order valence-corrected chi connectivity index (χ3v) is 14.3. The third-order valence-electron chi connectivity index (χ3n) is 12.1. The number of nitrogens with zero attached hydrogens (tertiary/aromatic N) is 4. The molecule has 66 heavy (non-hydrogen) atoms. The van der Waals surface area contributed by atoms with Gasteiger partial charge in [0.15, 0.2) is 11.3 Å². The van der Waals surface area contributed by atoms with Crippen molar-refractivity contribution in [3.05, 3.63) is 102 Å². The number of amides is 4. The zero-order valence-electron chi connectivity index (χ0n) is 36.9. The van der Waals surface area contributed by atoms with E-state index >= 15 is 4.39 Å². The number of ether oxygens (including phenoxy) is 3. The molecule has 19 heteroatoms. The summed E-state index contributed by atoms with van der Waals surface area (Å²) in [5.41, 5.74) is 0.424. The van der Waals surface area contributed by atoms with Crippen molar-refractivity contribution in [1.29, 1.82) is 0 Å². The summed E-state index contributed by atoms with van der Waals surface area (Å²) in [6.45, 7) is 4.87. The normalized spacial score (nSPS) is 20.7. The Morgan fingerprint density at radius 1 is 0.909 bits per heavy atom. The molecule has 3 fully saturated rings. The molecule has 348 valence electrons. The van der Waals surface area contributed by atoms with E-state index in [9.17, 15) is 28.5 Å². The molecule has 17 nitrogen and oxygen atoms in total. The first-order chi connectivity index (χ1) is 31.9. The number of carbonyl (C=O) groups excluding carboxylic acids is 5. The lowest BCUT2D eigenvalue weighted by Crippen LogP contribution is -2.61. The first-order valence-electron chi connectivity index (χ1n) is 22.1. The molecule has 6 atom stereocenters. The highest BCUT2D eigenvalue weighted by molar-refractivity contribution is 7.57. The lowest BCUT2D eigenvalue weighted by Gasteiger charge is -2.40. The number of carbonyl (C=O) groups is 5. The van der Waals surface area contributed by atoms with Crippen LogP contribution in [0.25, 0.3) is 21.7 Å². The van der Waals surface area contributed by atoms with Crippen LogP contribution in [0.15, 0.2) is 89.5 Å². The van der Waals surface area contributed by atoms with E-state index in [0.717, 1.165) is 0 Å². The van der Waals surface area contributed by atoms with Crippen molar-refractivity contribution < 1.29 is 56.2 Å². The number of hydrogen-bond acceptors (Lipinski definition) is 12. The number of esters is 1. The summed E-state index contributed by atoms with van der Waals surface area (Å²) in [4.78, 5) is 74.9. The summed E-state index contributed by atoms with van der Waals surface area (Å²) in [5, 5.41) is 11.0. The summed E-state index contributed by atoms with van der Waals surface area (Å²) in [5.74, 6) is -4.30. The standard InChI is InChI=1S/C47H52FN6O11P/c1-4-22-63-47(59)29(2)51-66(60,65-35-8-6-5-7-9-35)42(48)31-12-10-30-11-13-32(26-33(30)25-31)43(55)49-38-28-53(46(58)41-37-27-36(61-3)15-17-40(37)64-50-41)19-18-34-14-16-39(54(34)44(38)56)45(57)52-20-23-62-24-21-52/h5-13,15,17,25-27,29,34,38-39,42H,4,14,16,18-24,28H2,1-3H3,(H,49,55)(H,51,60)/t29-,34+,38-,39-,42?,66?/m0/s1. The molecule has 4 amide bonds. The largest absolute Gasteiger partial charge is 0.497 e. The molecule has 2 N–H and O–H groups in total. The summed E-state index contributed by atoms with van der Waals surface area (Å²) in [7, 11) is -3.05. The molecular formula is C47H52FN6O11P. The van der Waals surface area contributed by atoms with Crippen LogP contribution in [0.1, 0.15) is 71.9 Å². The van der Waals surface area contributed by atoms with Crippen molar-refractivity contribution in [2.45, 2.75) is 69.6 Å². The van der Waals surface area contributed by atoms with Gasteiger partial charge in [-0.1, -0.05) is 48.5 Å². The van der Waals surface area contributed by atoms with Crippen LogP contribution in [-0.2, 0) is 28.4 Å². The molecule has 1 aromatic heterocycles. The number of aromatic nitrogens is 1. The SMILES string of the molecule is CCCOC(=O)[C@H](C)NP(=O)(Oc1ccccc1)C(F)c1ccc2ccc(C(=O)N[C@H]3CN(C(=O)c4noc5ccc(OC)cc45)CC[C@H]4CC[C@@H](C(=O)N5CCOCC5)N4C3=O)cc2c1. The summed E-state index contributed by atoms with van der Waals surface area (Å²) >= 11 is 0. The predicted molar refractivity (Wildman–Crippen MR) is 240 cm³/mol. The summed E-state index contributed by atoms with van der Waals surface area (Å²) in [6.07, 6.45) is 1.87. The Hall–Kier alpha value is -6.36. The van der Waals surface area contributed by atoms with Crippen LogP contribution in [-0.4, -0.2) is 127 Å². The minimum atomic E-state index is -4.55. The lowest BCUT2D eigenvalue weighted by molar-refractivity contribution is -0.149. The molecule has 0 spiro atoms. The molecule has 0 bridgehead atoms. The van der Waals surface area contributed by atoms with Crippen molar-refractivity contribution in [2.24, 2.45) is 0 Å². The minimum absolute atomic E-state index is 0.0157. The first-order valence-corrected chi connectivity index (χ1v) is 23.8. The quantitative estimate of drug-likeness (QED) is 0.0969. The fourth-order valence-electron chi connectivity index (χ4n) is 8.67. The molecular weight excluding hydrogens is 875 g/mol. The average Bonchev–Trinajstić information content (AvgIpc) is 3.97. The molecule has 2 unspecified atom stereocenters. The number of hydrogen-bond donors (Lipinski definition) is 2. The molecule has 4 heterocycles. The molecule has 3 aliphatic heterocycles. The van der Waals surface area contributed by atoms with Gasteiger partial charge in [0.2, 0.25) is 17.7 Å². The average molecular weight is 927 g/mol. The van der Waals surface area contributed by atoms with Gasteiger partial charge in [0.1, 0.15) is 29.6 Å². The number of morpholine rings is 1. The smallest absolute Gasteiger partial charge is 0.355 e. The van der Waals surface area contributed by atoms with Crippen molar-refractivity contribution in [1.82, 2.24) is 30.3 Å². The molecule has 3 aliphatic rings. The molecule has 8 rings (SSSR count). The molecule has 3 saturated heterocycles. The van der Waals surface area contributed by atoms with Crippen LogP contribution in [0, 0.1) is 0 Å². The van der Waals surface area contributed by atoms with Gasteiger partial charge in [0, 0.05) is 31.2 Å². The van der Waals surface area contributed by atoms with Gasteiger partial charge in [-0.15, -0.1) is 0 Å². The zero-order valence-corrected chi connectivity index (χ0v) is 37.7. The van der Waals surface area contributed by atoms with Crippen LogP contribution in [0.3, 0.4) is 0 Å². The molecule has 0 radical (unpaired) electrons. The Morgan fingerprint density at radius 2 is 1.68 bits per heavy atom. The Labute approximate surface area is 380 Å². The summed E-state index contributed by atoms with van der Waals surface area (Å²) < 4.78 is 58.6. The lowest BCUT2D eigenvalue weighted by atomic mass is 10.0. The van der Waals surface area contributed by atoms with E-state index in [0.29, 0.717) is 79.5 Å². The fourth-order valence-corrected chi connectivity index (χ4v) is 10.6. The second-order valence-corrected chi connectivity index (χ2v) is 18.7. The predicted octanol–water partition coefficient (Wildman–Crippen LogP) is 6.02. The Kier molecular flexibility index (Phi) is 14.0. The highest BCUT2D eigenvalue weighted by Gasteiger charge is 2.47. The fraction of sp³-hybridized carbons (Fsp3) is 0.404. The molecule has 4 aromatic carbocycles. The van der Waals surface area contributed by atoms with Gasteiger partial charge in [-0.2, -0.15) is 0 Å². The second kappa shape index (κ2) is 20.0. The number of halogens is 1. The third kappa shape index (κ3) is 9.76. The van der Waals surface area contributed by atoms with Gasteiger partial charge >= 0.3 is 13.5 Å². The van der Waals surface area contributed by atoms with Gasteiger partial charge in [-0.05, 0) is 97.5 Å². The van der Waals surface area contributed by atoms with Crippen molar-refractivity contribution in [2.75, 3.05) is 53.1 Å². The molecule has 5 aromatic rings. The van der Waals surface area contributed by atoms with Crippen LogP contribution >= 0.6 is 7.52 Å². The van der Waals surface area contributed by atoms with E-state index < -0.39 is 61.3 Å². The van der Waals surface area contributed by atoms with Crippen LogP contribution in [0.4, 0.5) is 4.39 Å². The van der Waals surface area contributed by atoms with Gasteiger partial charge in [0.05, 0.1) is 38.9 Å². The maximum Gasteiger partial charge on any atom is 0.355 e. The number of para-hydroxylation sites is 1. The Morgan fingerprint density at radius 3 is 2.44 bits per heavy atom.